The number of aromatic nitrogens is 6. The van der Waals surface area contributed by atoms with Crippen LogP contribution in [0.5, 0.6) is 0 Å². The maximum Gasteiger partial charge on any atom is 0.267 e. The van der Waals surface area contributed by atoms with Crippen LogP contribution in [0, 0.1) is 0 Å². The van der Waals surface area contributed by atoms with Crippen LogP contribution in [0.4, 0.5) is 0 Å². The molecule has 0 atom stereocenters. The standard InChI is InChI=1S/C14H19N7O2S/c1-20-14(16-18-19-20)24-9-12(22)15-6-7-21-13(23)8-10-4-2-3-5-11(10)17-21/h8H,2-7,9H2,1H3,(H,15,22). The summed E-state index contributed by atoms with van der Waals surface area (Å²) in [5, 5.41) is 18.8. The second-order valence-corrected chi connectivity index (χ2v) is 6.55. The minimum absolute atomic E-state index is 0.107. The van der Waals surface area contributed by atoms with E-state index in [9.17, 15) is 9.59 Å². The van der Waals surface area contributed by atoms with Crippen LogP contribution in [-0.2, 0) is 31.2 Å². The van der Waals surface area contributed by atoms with E-state index in [1.807, 2.05) is 0 Å². The summed E-state index contributed by atoms with van der Waals surface area (Å²) in [6.07, 6.45) is 4.09. The van der Waals surface area contributed by atoms with Gasteiger partial charge in [-0.3, -0.25) is 9.59 Å². The van der Waals surface area contributed by atoms with Crippen LogP contribution in [0.15, 0.2) is 16.0 Å². The van der Waals surface area contributed by atoms with Gasteiger partial charge >= 0.3 is 0 Å². The average molecular weight is 349 g/mol. The monoisotopic (exact) mass is 349 g/mol. The van der Waals surface area contributed by atoms with E-state index < -0.39 is 0 Å². The fraction of sp³-hybridized carbons (Fsp3) is 0.571. The first-order chi connectivity index (χ1) is 11.6. The molecule has 0 aromatic carbocycles. The highest BCUT2D eigenvalue weighted by atomic mass is 32.2. The Hall–Kier alpha value is -2.23. The zero-order valence-corrected chi connectivity index (χ0v) is 14.3. The number of fused-ring (bicyclic) bond motifs is 1. The van der Waals surface area contributed by atoms with Crippen LogP contribution >= 0.6 is 11.8 Å². The van der Waals surface area contributed by atoms with Crippen molar-refractivity contribution in [1.82, 2.24) is 35.3 Å². The lowest BCUT2D eigenvalue weighted by atomic mass is 9.97. The number of amides is 1. The fourth-order valence-corrected chi connectivity index (χ4v) is 3.27. The maximum atomic E-state index is 12.0. The highest BCUT2D eigenvalue weighted by Crippen LogP contribution is 2.16. The van der Waals surface area contributed by atoms with Gasteiger partial charge in [-0.25, -0.2) is 9.36 Å². The minimum Gasteiger partial charge on any atom is -0.354 e. The molecule has 0 aliphatic heterocycles. The highest BCUT2D eigenvalue weighted by molar-refractivity contribution is 7.99. The number of nitrogens with zero attached hydrogens (tertiary/aromatic N) is 6. The molecule has 2 heterocycles. The zero-order valence-electron chi connectivity index (χ0n) is 13.4. The molecule has 1 aliphatic carbocycles. The SMILES string of the molecule is Cn1nnnc1SCC(=O)NCCn1nc2c(cc1=O)CCCC2. The van der Waals surface area contributed by atoms with Crippen molar-refractivity contribution >= 4 is 17.7 Å². The first-order valence-electron chi connectivity index (χ1n) is 7.85. The second kappa shape index (κ2) is 7.56. The number of nitrogens with one attached hydrogen (secondary N) is 1. The molecule has 1 N–H and O–H groups in total. The van der Waals surface area contributed by atoms with Crippen molar-refractivity contribution in [2.75, 3.05) is 12.3 Å². The molecule has 24 heavy (non-hydrogen) atoms. The van der Waals surface area contributed by atoms with Crippen molar-refractivity contribution in [3.8, 4) is 0 Å². The van der Waals surface area contributed by atoms with Gasteiger partial charge in [0.15, 0.2) is 0 Å². The third kappa shape index (κ3) is 3.99. The molecule has 10 heteroatoms. The Morgan fingerprint density at radius 1 is 1.38 bits per heavy atom. The van der Waals surface area contributed by atoms with Gasteiger partial charge in [0.25, 0.3) is 5.56 Å². The molecule has 0 saturated carbocycles. The Balaban J connectivity index is 1.48. The van der Waals surface area contributed by atoms with Crippen molar-refractivity contribution in [2.45, 2.75) is 37.4 Å². The third-order valence-corrected chi connectivity index (χ3v) is 4.84. The van der Waals surface area contributed by atoms with Crippen LogP contribution in [0.3, 0.4) is 0 Å². The van der Waals surface area contributed by atoms with E-state index in [1.165, 1.54) is 21.1 Å². The molecule has 0 fully saturated rings. The molecule has 2 aromatic rings. The summed E-state index contributed by atoms with van der Waals surface area (Å²) in [5.74, 6) is 0.0924. The molecular weight excluding hydrogens is 330 g/mol. The summed E-state index contributed by atoms with van der Waals surface area (Å²) in [4.78, 5) is 23.9. The number of thioether (sulfide) groups is 1. The van der Waals surface area contributed by atoms with E-state index >= 15 is 0 Å². The number of hydrogen-bond donors (Lipinski definition) is 1. The van der Waals surface area contributed by atoms with Crippen LogP contribution in [0.1, 0.15) is 24.1 Å². The van der Waals surface area contributed by atoms with Crippen molar-refractivity contribution < 1.29 is 4.79 Å². The molecule has 0 spiro atoms. The number of rotatable bonds is 6. The number of hydrogen-bond acceptors (Lipinski definition) is 7. The zero-order chi connectivity index (χ0) is 16.9. The van der Waals surface area contributed by atoms with E-state index in [0.717, 1.165) is 36.9 Å². The molecule has 0 unspecified atom stereocenters. The summed E-state index contributed by atoms with van der Waals surface area (Å²) >= 11 is 1.26. The molecule has 2 aromatic heterocycles. The summed E-state index contributed by atoms with van der Waals surface area (Å²) in [7, 11) is 1.72. The molecule has 1 amide bonds. The lowest BCUT2D eigenvalue weighted by molar-refractivity contribution is -0.118. The van der Waals surface area contributed by atoms with Gasteiger partial charge in [0.2, 0.25) is 11.1 Å². The molecule has 0 radical (unpaired) electrons. The van der Waals surface area contributed by atoms with Crippen LogP contribution in [0.2, 0.25) is 0 Å². The number of carbonyl (C=O) groups is 1. The minimum atomic E-state index is -0.131. The average Bonchev–Trinajstić information content (AvgIpc) is 2.98. The predicted molar refractivity (Wildman–Crippen MR) is 87.7 cm³/mol. The Kier molecular flexibility index (Phi) is 5.24. The Morgan fingerprint density at radius 3 is 3.00 bits per heavy atom. The smallest absolute Gasteiger partial charge is 0.267 e. The van der Waals surface area contributed by atoms with Crippen molar-refractivity contribution in [3.63, 3.8) is 0 Å². The summed E-state index contributed by atoms with van der Waals surface area (Å²) < 4.78 is 2.94. The van der Waals surface area contributed by atoms with Crippen LogP contribution in [0.25, 0.3) is 0 Å². The van der Waals surface area contributed by atoms with E-state index in [-0.39, 0.29) is 17.2 Å². The topological polar surface area (TPSA) is 108 Å². The Bertz CT molecular complexity index is 786. The lowest BCUT2D eigenvalue weighted by Gasteiger charge is -2.15. The van der Waals surface area contributed by atoms with Crippen molar-refractivity contribution in [3.05, 3.63) is 27.7 Å². The summed E-state index contributed by atoms with van der Waals surface area (Å²) in [6, 6.07) is 1.68. The normalized spacial score (nSPS) is 13.5. The largest absolute Gasteiger partial charge is 0.354 e. The predicted octanol–water partition coefficient (Wildman–Crippen LogP) is -0.446. The second-order valence-electron chi connectivity index (χ2n) is 5.61. The van der Waals surface area contributed by atoms with Gasteiger partial charge in [-0.05, 0) is 41.7 Å². The molecule has 9 nitrogen and oxygen atoms in total. The first kappa shape index (κ1) is 16.6. The third-order valence-electron chi connectivity index (χ3n) is 3.83. The number of carbonyl (C=O) groups excluding carboxylic acids is 1. The Labute approximate surface area is 142 Å². The maximum absolute atomic E-state index is 12.0. The molecule has 128 valence electrons. The van der Waals surface area contributed by atoms with Gasteiger partial charge in [0, 0.05) is 19.7 Å². The van der Waals surface area contributed by atoms with E-state index in [2.05, 4.69) is 25.9 Å². The molecular formula is C14H19N7O2S. The Morgan fingerprint density at radius 2 is 2.21 bits per heavy atom. The lowest BCUT2D eigenvalue weighted by Crippen LogP contribution is -2.33. The summed E-state index contributed by atoms with van der Waals surface area (Å²) in [5.41, 5.74) is 1.97. The highest BCUT2D eigenvalue weighted by Gasteiger charge is 2.13. The van der Waals surface area contributed by atoms with E-state index in [1.54, 1.807) is 13.1 Å². The number of tetrazole rings is 1. The molecule has 1 aliphatic rings. The van der Waals surface area contributed by atoms with Gasteiger partial charge < -0.3 is 5.32 Å². The van der Waals surface area contributed by atoms with Gasteiger partial charge in [-0.2, -0.15) is 5.10 Å². The van der Waals surface area contributed by atoms with Crippen LogP contribution < -0.4 is 10.9 Å². The van der Waals surface area contributed by atoms with E-state index in [4.69, 9.17) is 0 Å². The fourth-order valence-electron chi connectivity index (χ4n) is 2.59. The van der Waals surface area contributed by atoms with Gasteiger partial charge in [-0.1, -0.05) is 11.8 Å². The first-order valence-corrected chi connectivity index (χ1v) is 8.84. The quantitative estimate of drug-likeness (QED) is 0.704. The molecule has 3 rings (SSSR count). The molecule has 0 bridgehead atoms. The summed E-state index contributed by atoms with van der Waals surface area (Å²) in [6.45, 7) is 0.732. The van der Waals surface area contributed by atoms with Gasteiger partial charge in [0.1, 0.15) is 0 Å². The van der Waals surface area contributed by atoms with Crippen molar-refractivity contribution in [1.29, 1.82) is 0 Å². The van der Waals surface area contributed by atoms with Crippen molar-refractivity contribution in [2.24, 2.45) is 7.05 Å². The number of aryl methyl sites for hydroxylation is 3. The molecule has 0 saturated heterocycles. The van der Waals surface area contributed by atoms with Gasteiger partial charge in [0.05, 0.1) is 18.0 Å². The van der Waals surface area contributed by atoms with Crippen LogP contribution in [-0.4, -0.2) is 48.2 Å². The van der Waals surface area contributed by atoms with Gasteiger partial charge in [-0.15, -0.1) is 5.10 Å². The van der Waals surface area contributed by atoms with E-state index in [0.29, 0.717) is 18.2 Å².